The van der Waals surface area contributed by atoms with E-state index in [4.69, 9.17) is 0 Å². The van der Waals surface area contributed by atoms with Gasteiger partial charge in [-0.3, -0.25) is 4.79 Å². The lowest BCUT2D eigenvalue weighted by Crippen LogP contribution is -2.32. The average Bonchev–Trinajstić information content (AvgIpc) is 3.14. The van der Waals surface area contributed by atoms with Crippen molar-refractivity contribution < 1.29 is 4.79 Å². The van der Waals surface area contributed by atoms with Gasteiger partial charge in [0.15, 0.2) is 5.69 Å². The number of thiazole rings is 1. The quantitative estimate of drug-likeness (QED) is 0.873. The van der Waals surface area contributed by atoms with E-state index in [1.54, 1.807) is 17.5 Å². The smallest absolute Gasteiger partial charge is 0.275 e. The lowest BCUT2D eigenvalue weighted by atomic mass is 10.2. The Balaban J connectivity index is 1.91. The van der Waals surface area contributed by atoms with Crippen molar-refractivity contribution >= 4 is 22.9 Å². The molecule has 0 bridgehead atoms. The van der Waals surface area contributed by atoms with Gasteiger partial charge in [0, 0.05) is 37.9 Å². The highest BCUT2D eigenvalue weighted by Gasteiger charge is 2.34. The second kappa shape index (κ2) is 6.04. The second-order valence-corrected chi connectivity index (χ2v) is 6.64. The van der Waals surface area contributed by atoms with Gasteiger partial charge in [-0.1, -0.05) is 0 Å². The molecule has 0 saturated carbocycles. The number of rotatable bonds is 3. The minimum Gasteiger partial charge on any atom is -0.376 e. The summed E-state index contributed by atoms with van der Waals surface area (Å²) in [5, 5.41) is 3.08. The van der Waals surface area contributed by atoms with E-state index < -0.39 is 0 Å². The monoisotopic (exact) mass is 316 g/mol. The van der Waals surface area contributed by atoms with Crippen LogP contribution in [0.2, 0.25) is 0 Å². The highest BCUT2D eigenvalue weighted by atomic mass is 32.1. The molecule has 0 aromatic carbocycles. The third-order valence-corrected chi connectivity index (χ3v) is 4.97. The number of anilines is 1. The molecule has 1 saturated heterocycles. The van der Waals surface area contributed by atoms with Gasteiger partial charge in [0.2, 0.25) is 0 Å². The Kier molecular flexibility index (Phi) is 4.11. The zero-order valence-corrected chi connectivity index (χ0v) is 13.9. The van der Waals surface area contributed by atoms with Crippen LogP contribution in [-0.4, -0.2) is 41.4 Å². The third-order valence-electron chi connectivity index (χ3n) is 3.91. The number of carbonyl (C=O) groups is 1. The molecule has 3 rings (SSSR count). The Morgan fingerprint density at radius 3 is 2.95 bits per heavy atom. The average molecular weight is 316 g/mol. The van der Waals surface area contributed by atoms with E-state index in [2.05, 4.69) is 9.97 Å². The Bertz CT molecular complexity index is 682. The van der Waals surface area contributed by atoms with Gasteiger partial charge >= 0.3 is 0 Å². The normalized spacial score (nSPS) is 17.8. The first-order valence-electron chi connectivity index (χ1n) is 7.43. The number of pyridine rings is 1. The van der Waals surface area contributed by atoms with Crippen LogP contribution in [0.1, 0.15) is 40.1 Å². The second-order valence-electron chi connectivity index (χ2n) is 5.75. The fourth-order valence-corrected chi connectivity index (χ4v) is 3.79. The highest BCUT2D eigenvalue weighted by Crippen LogP contribution is 2.35. The van der Waals surface area contributed by atoms with E-state index in [0.717, 1.165) is 35.8 Å². The fourth-order valence-electron chi connectivity index (χ4n) is 2.85. The van der Waals surface area contributed by atoms with E-state index in [1.165, 1.54) is 0 Å². The predicted octanol–water partition coefficient (Wildman–Crippen LogP) is 2.89. The zero-order chi connectivity index (χ0) is 15.7. The number of amides is 1. The topological polar surface area (TPSA) is 49.3 Å². The first kappa shape index (κ1) is 15.0. The van der Waals surface area contributed by atoms with Gasteiger partial charge in [-0.25, -0.2) is 9.97 Å². The standard InChI is InChI=1S/C16H20N4OS/c1-11-10-22-15(18-11)13-7-5-9-20(13)16(21)14-12(19(2)3)6-4-8-17-14/h4,6,8,10,13H,5,7,9H2,1-3H3/t13-/m1/s1. The van der Waals surface area contributed by atoms with Crippen LogP contribution in [-0.2, 0) is 0 Å². The summed E-state index contributed by atoms with van der Waals surface area (Å²) in [7, 11) is 3.86. The fraction of sp³-hybridized carbons (Fsp3) is 0.438. The molecule has 0 aliphatic carbocycles. The first-order chi connectivity index (χ1) is 10.6. The Labute approximate surface area is 134 Å². The molecule has 0 N–H and O–H groups in total. The summed E-state index contributed by atoms with van der Waals surface area (Å²) >= 11 is 1.64. The summed E-state index contributed by atoms with van der Waals surface area (Å²) in [6.07, 6.45) is 3.67. The van der Waals surface area contributed by atoms with Gasteiger partial charge in [0.25, 0.3) is 5.91 Å². The van der Waals surface area contributed by atoms with Crippen LogP contribution >= 0.6 is 11.3 Å². The van der Waals surface area contributed by atoms with Gasteiger partial charge in [0.1, 0.15) is 5.01 Å². The number of nitrogens with zero attached hydrogens (tertiary/aromatic N) is 4. The van der Waals surface area contributed by atoms with Crippen molar-refractivity contribution in [3.05, 3.63) is 40.1 Å². The molecule has 2 aromatic rings. The minimum absolute atomic E-state index is 0.000321. The van der Waals surface area contributed by atoms with Crippen molar-refractivity contribution in [2.24, 2.45) is 0 Å². The van der Waals surface area contributed by atoms with Crippen LogP contribution in [0.5, 0.6) is 0 Å². The number of hydrogen-bond donors (Lipinski definition) is 0. The molecule has 0 spiro atoms. The summed E-state index contributed by atoms with van der Waals surface area (Å²) in [6, 6.07) is 3.87. The number of likely N-dealkylation sites (tertiary alicyclic amines) is 1. The Hall–Kier alpha value is -1.95. The summed E-state index contributed by atoms with van der Waals surface area (Å²) in [6.45, 7) is 2.76. The van der Waals surface area contributed by atoms with E-state index >= 15 is 0 Å². The number of aryl methyl sites for hydroxylation is 1. The predicted molar refractivity (Wildman–Crippen MR) is 88.4 cm³/mol. The summed E-state index contributed by atoms with van der Waals surface area (Å²) < 4.78 is 0. The molecule has 3 heterocycles. The van der Waals surface area contributed by atoms with Gasteiger partial charge in [-0.2, -0.15) is 0 Å². The summed E-state index contributed by atoms with van der Waals surface area (Å²) in [5.41, 5.74) is 2.40. The maximum Gasteiger partial charge on any atom is 0.275 e. The van der Waals surface area contributed by atoms with Gasteiger partial charge in [-0.05, 0) is 31.9 Å². The SMILES string of the molecule is Cc1csc([C@H]2CCCN2C(=O)c2ncccc2N(C)C)n1. The zero-order valence-electron chi connectivity index (χ0n) is 13.1. The van der Waals surface area contributed by atoms with Crippen molar-refractivity contribution in [2.75, 3.05) is 25.5 Å². The molecule has 1 aliphatic heterocycles. The molecule has 1 atom stereocenters. The molecular weight excluding hydrogens is 296 g/mol. The van der Waals surface area contributed by atoms with Crippen molar-refractivity contribution in [1.82, 2.24) is 14.9 Å². The van der Waals surface area contributed by atoms with Crippen molar-refractivity contribution in [2.45, 2.75) is 25.8 Å². The number of hydrogen-bond acceptors (Lipinski definition) is 5. The lowest BCUT2D eigenvalue weighted by Gasteiger charge is -2.25. The molecule has 1 fully saturated rings. The molecule has 0 unspecified atom stereocenters. The third kappa shape index (κ3) is 2.70. The molecule has 1 aliphatic rings. The van der Waals surface area contributed by atoms with E-state index in [9.17, 15) is 4.79 Å². The van der Waals surface area contributed by atoms with Gasteiger partial charge in [0.05, 0.1) is 11.7 Å². The molecule has 6 heteroatoms. The summed E-state index contributed by atoms with van der Waals surface area (Å²) in [4.78, 5) is 25.7. The van der Waals surface area contributed by atoms with E-state index in [1.807, 2.05) is 48.3 Å². The molecule has 5 nitrogen and oxygen atoms in total. The van der Waals surface area contributed by atoms with Crippen LogP contribution in [0.3, 0.4) is 0 Å². The molecule has 116 valence electrons. The molecule has 2 aromatic heterocycles. The minimum atomic E-state index is -0.000321. The van der Waals surface area contributed by atoms with Crippen LogP contribution in [0.15, 0.2) is 23.7 Å². The van der Waals surface area contributed by atoms with Crippen molar-refractivity contribution in [1.29, 1.82) is 0 Å². The van der Waals surface area contributed by atoms with Crippen molar-refractivity contribution in [3.63, 3.8) is 0 Å². The van der Waals surface area contributed by atoms with Gasteiger partial charge < -0.3 is 9.80 Å². The van der Waals surface area contributed by atoms with Crippen LogP contribution in [0.4, 0.5) is 5.69 Å². The highest BCUT2D eigenvalue weighted by molar-refractivity contribution is 7.09. The maximum atomic E-state index is 13.0. The van der Waals surface area contributed by atoms with Crippen LogP contribution < -0.4 is 4.90 Å². The van der Waals surface area contributed by atoms with Crippen LogP contribution in [0.25, 0.3) is 0 Å². The van der Waals surface area contributed by atoms with Gasteiger partial charge in [-0.15, -0.1) is 11.3 Å². The van der Waals surface area contributed by atoms with E-state index in [-0.39, 0.29) is 11.9 Å². The molecule has 0 radical (unpaired) electrons. The number of aromatic nitrogens is 2. The van der Waals surface area contributed by atoms with Crippen molar-refractivity contribution in [3.8, 4) is 0 Å². The Morgan fingerprint density at radius 1 is 1.45 bits per heavy atom. The summed E-state index contributed by atoms with van der Waals surface area (Å²) in [5.74, 6) is -0.000321. The Morgan fingerprint density at radius 2 is 2.27 bits per heavy atom. The largest absolute Gasteiger partial charge is 0.376 e. The molecule has 1 amide bonds. The van der Waals surface area contributed by atoms with Crippen LogP contribution in [0, 0.1) is 6.92 Å². The first-order valence-corrected chi connectivity index (χ1v) is 8.31. The van der Waals surface area contributed by atoms with E-state index in [0.29, 0.717) is 5.69 Å². The lowest BCUT2D eigenvalue weighted by molar-refractivity contribution is 0.0730. The molecular formula is C16H20N4OS. The number of carbonyl (C=O) groups excluding carboxylic acids is 1. The maximum absolute atomic E-state index is 13.0. The molecule has 22 heavy (non-hydrogen) atoms.